The van der Waals surface area contributed by atoms with Crippen LogP contribution >= 0.6 is 11.6 Å². The molecule has 0 N–H and O–H groups in total. The first kappa shape index (κ1) is 12.2. The highest BCUT2D eigenvalue weighted by Crippen LogP contribution is 2.35. The predicted molar refractivity (Wildman–Crippen MR) is 66.3 cm³/mol. The van der Waals surface area contributed by atoms with Crippen molar-refractivity contribution in [2.45, 2.75) is 31.8 Å². The van der Waals surface area contributed by atoms with Crippen LogP contribution in [0.2, 0.25) is 5.02 Å². The molecule has 0 unspecified atom stereocenters. The van der Waals surface area contributed by atoms with Crippen molar-refractivity contribution in [2.75, 3.05) is 7.11 Å². The molecule has 1 aliphatic carbocycles. The Morgan fingerprint density at radius 3 is 2.59 bits per heavy atom. The summed E-state index contributed by atoms with van der Waals surface area (Å²) in [5.74, 6) is 1.18. The molecule has 0 atom stereocenters. The molecule has 0 spiro atoms. The van der Waals surface area contributed by atoms with Crippen LogP contribution in [0, 0.1) is 0 Å². The Labute approximate surface area is 106 Å². The van der Waals surface area contributed by atoms with Gasteiger partial charge in [-0.3, -0.25) is 4.79 Å². The average molecular weight is 255 g/mol. The molecule has 1 aromatic carbocycles. The lowest BCUT2D eigenvalue weighted by Crippen LogP contribution is -2.11. The van der Waals surface area contributed by atoms with E-state index >= 15 is 0 Å². The lowest BCUT2D eigenvalue weighted by atomic mass is 10.2. The van der Waals surface area contributed by atoms with Gasteiger partial charge in [0.2, 0.25) is 0 Å². The quantitative estimate of drug-likeness (QED) is 0.772. The van der Waals surface area contributed by atoms with Gasteiger partial charge in [-0.2, -0.15) is 0 Å². The number of hydrogen-bond donors (Lipinski definition) is 0. The van der Waals surface area contributed by atoms with Crippen LogP contribution in [0.15, 0.2) is 12.1 Å². The summed E-state index contributed by atoms with van der Waals surface area (Å²) in [5, 5.41) is 0.397. The maximum atomic E-state index is 10.8. The summed E-state index contributed by atoms with van der Waals surface area (Å²) in [5.41, 5.74) is 0.419. The van der Waals surface area contributed by atoms with E-state index < -0.39 is 0 Å². The van der Waals surface area contributed by atoms with E-state index in [0.717, 1.165) is 12.8 Å². The highest BCUT2D eigenvalue weighted by atomic mass is 35.5. The minimum absolute atomic E-state index is 0.238. The Morgan fingerprint density at radius 1 is 1.29 bits per heavy atom. The summed E-state index contributed by atoms with van der Waals surface area (Å²) < 4.78 is 11.1. The fraction of sp³-hybridized carbons (Fsp3) is 0.462. The van der Waals surface area contributed by atoms with Crippen molar-refractivity contribution in [1.82, 2.24) is 0 Å². The van der Waals surface area contributed by atoms with Crippen molar-refractivity contribution in [3.8, 4) is 11.5 Å². The molecule has 1 aromatic rings. The van der Waals surface area contributed by atoms with Crippen LogP contribution in [-0.4, -0.2) is 19.5 Å². The summed E-state index contributed by atoms with van der Waals surface area (Å²) in [6, 6.07) is 3.27. The first-order chi connectivity index (χ1) is 8.24. The van der Waals surface area contributed by atoms with Gasteiger partial charge in [0.05, 0.1) is 18.2 Å². The van der Waals surface area contributed by atoms with Crippen molar-refractivity contribution >= 4 is 17.9 Å². The molecular formula is C13H15ClO3. The Hall–Kier alpha value is -1.22. The smallest absolute Gasteiger partial charge is 0.163 e. The fourth-order valence-corrected chi connectivity index (χ4v) is 2.28. The van der Waals surface area contributed by atoms with Gasteiger partial charge in [-0.1, -0.05) is 11.6 Å². The zero-order valence-electron chi connectivity index (χ0n) is 9.74. The lowest BCUT2D eigenvalue weighted by Gasteiger charge is -2.16. The molecule has 1 fully saturated rings. The molecule has 0 radical (unpaired) electrons. The van der Waals surface area contributed by atoms with Crippen LogP contribution in [0.5, 0.6) is 11.5 Å². The minimum Gasteiger partial charge on any atom is -0.493 e. The predicted octanol–water partition coefficient (Wildman–Crippen LogP) is 3.48. The minimum atomic E-state index is 0.238. The molecule has 0 bridgehead atoms. The van der Waals surface area contributed by atoms with Gasteiger partial charge < -0.3 is 9.47 Å². The van der Waals surface area contributed by atoms with Gasteiger partial charge in [-0.15, -0.1) is 0 Å². The zero-order chi connectivity index (χ0) is 12.3. The lowest BCUT2D eigenvalue weighted by molar-refractivity contribution is 0.112. The number of benzene rings is 1. The van der Waals surface area contributed by atoms with Crippen molar-refractivity contribution in [2.24, 2.45) is 0 Å². The second-order valence-electron chi connectivity index (χ2n) is 4.17. The third kappa shape index (κ3) is 2.72. The van der Waals surface area contributed by atoms with Crippen molar-refractivity contribution in [3.05, 3.63) is 22.7 Å². The maximum absolute atomic E-state index is 10.8. The molecule has 3 nitrogen and oxygen atoms in total. The molecule has 0 aromatic heterocycles. The third-order valence-corrected chi connectivity index (χ3v) is 3.33. The number of carbonyl (C=O) groups is 1. The molecule has 2 rings (SSSR count). The summed E-state index contributed by atoms with van der Waals surface area (Å²) in [6.07, 6.45) is 5.48. The van der Waals surface area contributed by atoms with Crippen LogP contribution in [0.25, 0.3) is 0 Å². The Morgan fingerprint density at radius 2 is 2.00 bits per heavy atom. The number of aldehydes is 1. The number of halogens is 1. The summed E-state index contributed by atoms with van der Waals surface area (Å²) in [7, 11) is 1.55. The first-order valence-electron chi connectivity index (χ1n) is 5.74. The van der Waals surface area contributed by atoms with E-state index in [1.54, 1.807) is 19.2 Å². The summed E-state index contributed by atoms with van der Waals surface area (Å²) in [4.78, 5) is 10.8. The van der Waals surface area contributed by atoms with E-state index in [2.05, 4.69) is 0 Å². The van der Waals surface area contributed by atoms with Gasteiger partial charge in [0.15, 0.2) is 17.8 Å². The number of methoxy groups -OCH3 is 1. The molecule has 1 aliphatic rings. The highest BCUT2D eigenvalue weighted by molar-refractivity contribution is 6.33. The molecule has 1 saturated carbocycles. The number of carbonyl (C=O) groups excluding carboxylic acids is 1. The summed E-state index contributed by atoms with van der Waals surface area (Å²) in [6.45, 7) is 0. The van der Waals surface area contributed by atoms with Crippen LogP contribution in [0.4, 0.5) is 0 Å². The number of ether oxygens (including phenoxy) is 2. The normalized spacial score (nSPS) is 15.9. The van der Waals surface area contributed by atoms with E-state index in [9.17, 15) is 4.79 Å². The highest BCUT2D eigenvalue weighted by Gasteiger charge is 2.19. The molecule has 4 heteroatoms. The zero-order valence-corrected chi connectivity index (χ0v) is 10.5. The van der Waals surface area contributed by atoms with Gasteiger partial charge in [-0.05, 0) is 31.7 Å². The van der Waals surface area contributed by atoms with Gasteiger partial charge in [-0.25, -0.2) is 0 Å². The standard InChI is InChI=1S/C13H15ClO3/c1-16-12-6-9(8-15)11(14)7-13(12)17-10-4-2-3-5-10/h6-8,10H,2-5H2,1H3. The Bertz CT molecular complexity index is 411. The molecular weight excluding hydrogens is 240 g/mol. The van der Waals surface area contributed by atoms with Gasteiger partial charge in [0.1, 0.15) is 0 Å². The van der Waals surface area contributed by atoms with Crippen LogP contribution in [0.3, 0.4) is 0 Å². The average Bonchev–Trinajstić information content (AvgIpc) is 2.82. The third-order valence-electron chi connectivity index (χ3n) is 3.01. The van der Waals surface area contributed by atoms with E-state index in [1.165, 1.54) is 12.8 Å². The Balaban J connectivity index is 2.25. The monoisotopic (exact) mass is 254 g/mol. The SMILES string of the molecule is COc1cc(C=O)c(Cl)cc1OC1CCCC1. The van der Waals surface area contributed by atoms with E-state index in [4.69, 9.17) is 21.1 Å². The van der Waals surface area contributed by atoms with Crippen molar-refractivity contribution < 1.29 is 14.3 Å². The summed E-state index contributed by atoms with van der Waals surface area (Å²) >= 11 is 5.98. The van der Waals surface area contributed by atoms with Gasteiger partial charge in [0, 0.05) is 11.6 Å². The van der Waals surface area contributed by atoms with Crippen LogP contribution in [0.1, 0.15) is 36.0 Å². The van der Waals surface area contributed by atoms with Gasteiger partial charge >= 0.3 is 0 Å². The molecule has 17 heavy (non-hydrogen) atoms. The molecule has 0 aliphatic heterocycles. The van der Waals surface area contributed by atoms with Crippen molar-refractivity contribution in [3.63, 3.8) is 0 Å². The van der Waals surface area contributed by atoms with E-state index in [-0.39, 0.29) is 6.10 Å². The molecule has 0 heterocycles. The largest absolute Gasteiger partial charge is 0.493 e. The molecule has 0 saturated heterocycles. The maximum Gasteiger partial charge on any atom is 0.163 e. The van der Waals surface area contributed by atoms with Crippen molar-refractivity contribution in [1.29, 1.82) is 0 Å². The molecule has 92 valence electrons. The van der Waals surface area contributed by atoms with E-state index in [0.29, 0.717) is 28.4 Å². The Kier molecular flexibility index (Phi) is 3.89. The second kappa shape index (κ2) is 5.41. The fourth-order valence-electron chi connectivity index (χ4n) is 2.08. The number of hydrogen-bond acceptors (Lipinski definition) is 3. The first-order valence-corrected chi connectivity index (χ1v) is 6.11. The topological polar surface area (TPSA) is 35.5 Å². The van der Waals surface area contributed by atoms with E-state index in [1.807, 2.05) is 0 Å². The molecule has 0 amide bonds. The van der Waals surface area contributed by atoms with Gasteiger partial charge in [0.25, 0.3) is 0 Å². The number of rotatable bonds is 4. The van der Waals surface area contributed by atoms with Crippen LogP contribution < -0.4 is 9.47 Å². The van der Waals surface area contributed by atoms with Crippen LogP contribution in [-0.2, 0) is 0 Å². The second-order valence-corrected chi connectivity index (χ2v) is 4.57.